The number of methoxy groups -OCH3 is 1. The van der Waals surface area contributed by atoms with E-state index in [1.54, 1.807) is 24.1 Å². The van der Waals surface area contributed by atoms with Crippen LogP contribution >= 0.6 is 15.9 Å². The predicted molar refractivity (Wildman–Crippen MR) is 150 cm³/mol. The number of hydrogen-bond acceptors (Lipinski definition) is 8. The Morgan fingerprint density at radius 2 is 1.97 bits per heavy atom. The molecule has 2 aromatic heterocycles. The van der Waals surface area contributed by atoms with E-state index in [1.165, 1.54) is 25.2 Å². The lowest BCUT2D eigenvalue weighted by Crippen LogP contribution is -2.34. The Hall–Kier alpha value is -3.96. The lowest BCUT2D eigenvalue weighted by Gasteiger charge is -2.22. The molecule has 11 heteroatoms. The number of nitrogens with zero attached hydrogens (tertiary/aromatic N) is 4. The fourth-order valence-electron chi connectivity index (χ4n) is 3.95. The van der Waals surface area contributed by atoms with Gasteiger partial charge in [-0.15, -0.1) is 0 Å². The molecule has 0 saturated heterocycles. The van der Waals surface area contributed by atoms with E-state index in [0.717, 1.165) is 6.54 Å². The second kappa shape index (κ2) is 11.4. The summed E-state index contributed by atoms with van der Waals surface area (Å²) >= 11 is 3.59. The van der Waals surface area contributed by atoms with Crippen molar-refractivity contribution in [3.63, 3.8) is 0 Å². The summed E-state index contributed by atoms with van der Waals surface area (Å²) < 4.78 is 6.01. The molecule has 192 valence electrons. The molecule has 4 rings (SSSR count). The summed E-state index contributed by atoms with van der Waals surface area (Å²) in [7, 11) is 5.35. The van der Waals surface area contributed by atoms with Gasteiger partial charge in [-0.25, -0.2) is 9.97 Å². The number of H-pyrrole nitrogens is 1. The van der Waals surface area contributed by atoms with Gasteiger partial charge in [0.1, 0.15) is 29.2 Å². The Morgan fingerprint density at radius 1 is 1.22 bits per heavy atom. The third-order valence-electron chi connectivity index (χ3n) is 6.02. The number of hydrogen-bond donors (Lipinski definition) is 4. The van der Waals surface area contributed by atoms with Gasteiger partial charge in [-0.1, -0.05) is 30.3 Å². The first kappa shape index (κ1) is 26.1. The number of nitrogens with one attached hydrogen (secondary N) is 3. The average molecular weight is 565 g/mol. The maximum absolute atomic E-state index is 13.3. The fraction of sp³-hybridized carbons (Fsp3) is 0.231. The van der Waals surface area contributed by atoms with Crippen molar-refractivity contribution in [3.8, 4) is 5.75 Å². The second-order valence-electron chi connectivity index (χ2n) is 8.66. The zero-order valence-electron chi connectivity index (χ0n) is 20.9. The number of likely N-dealkylation sites (N-methyl/N-ethyl adjacent to an activating group) is 2. The molecule has 2 aromatic carbocycles. The van der Waals surface area contributed by atoms with Gasteiger partial charge in [0.05, 0.1) is 22.7 Å². The summed E-state index contributed by atoms with van der Waals surface area (Å²) in [6.07, 6.45) is 2.58. The molecule has 0 spiro atoms. The van der Waals surface area contributed by atoms with Crippen molar-refractivity contribution in [2.45, 2.75) is 6.54 Å². The van der Waals surface area contributed by atoms with Crippen LogP contribution in [0.1, 0.15) is 21.6 Å². The summed E-state index contributed by atoms with van der Waals surface area (Å²) in [6, 6.07) is 13.6. The van der Waals surface area contributed by atoms with Crippen LogP contribution in [0.2, 0.25) is 0 Å². The van der Waals surface area contributed by atoms with E-state index in [2.05, 4.69) is 53.2 Å². The zero-order chi connectivity index (χ0) is 26.5. The molecule has 0 unspecified atom stereocenters. The Kier molecular flexibility index (Phi) is 8.04. The predicted octanol–water partition coefficient (Wildman–Crippen LogP) is 4.26. The van der Waals surface area contributed by atoms with Gasteiger partial charge in [0.25, 0.3) is 5.91 Å². The molecule has 0 fully saturated rings. The molecular formula is C26H29BrN8O2. The second-order valence-corrected chi connectivity index (χ2v) is 9.45. The van der Waals surface area contributed by atoms with Gasteiger partial charge in [0.15, 0.2) is 0 Å². The van der Waals surface area contributed by atoms with Gasteiger partial charge in [0.2, 0.25) is 0 Å². The van der Waals surface area contributed by atoms with Crippen LogP contribution in [-0.2, 0) is 6.54 Å². The molecule has 0 bridgehead atoms. The van der Waals surface area contributed by atoms with Crippen molar-refractivity contribution in [3.05, 3.63) is 70.1 Å². The van der Waals surface area contributed by atoms with E-state index in [1.807, 2.05) is 25.2 Å². The fourth-order valence-corrected chi connectivity index (χ4v) is 4.59. The normalized spacial score (nSPS) is 11.1. The van der Waals surface area contributed by atoms with Crippen molar-refractivity contribution in [1.82, 2.24) is 24.8 Å². The van der Waals surface area contributed by atoms with Crippen LogP contribution in [0.3, 0.4) is 0 Å². The SMILES string of the molecule is COc1cc(N)c(C=N)cc1Nc1ncnc2[nH]c(C(=O)N(C)CCN(C)Cc3ccccc3)c(Br)c12. The summed E-state index contributed by atoms with van der Waals surface area (Å²) in [4.78, 5) is 29.0. The molecule has 2 heterocycles. The number of fused-ring (bicyclic) bond motifs is 1. The maximum Gasteiger partial charge on any atom is 0.271 e. The minimum absolute atomic E-state index is 0.167. The number of carbonyl (C=O) groups excluding carboxylic acids is 1. The van der Waals surface area contributed by atoms with Crippen LogP contribution in [0, 0.1) is 5.41 Å². The van der Waals surface area contributed by atoms with Crippen LogP contribution in [-0.4, -0.2) is 71.2 Å². The Bertz CT molecular complexity index is 1420. The van der Waals surface area contributed by atoms with Crippen molar-refractivity contribution in [2.75, 3.05) is 45.3 Å². The number of nitrogen functional groups attached to an aromatic ring is 1. The highest BCUT2D eigenvalue weighted by molar-refractivity contribution is 9.10. The van der Waals surface area contributed by atoms with Crippen LogP contribution in [0.5, 0.6) is 5.75 Å². The molecule has 1 amide bonds. The molecule has 0 atom stereocenters. The molecule has 0 radical (unpaired) electrons. The van der Waals surface area contributed by atoms with Crippen LogP contribution in [0.25, 0.3) is 11.0 Å². The lowest BCUT2D eigenvalue weighted by atomic mass is 10.1. The highest BCUT2D eigenvalue weighted by Crippen LogP contribution is 2.36. The molecule has 0 saturated carbocycles. The largest absolute Gasteiger partial charge is 0.494 e. The minimum Gasteiger partial charge on any atom is -0.494 e. The quantitative estimate of drug-likeness (QED) is 0.167. The number of anilines is 3. The van der Waals surface area contributed by atoms with Crippen molar-refractivity contribution < 1.29 is 9.53 Å². The van der Waals surface area contributed by atoms with E-state index in [4.69, 9.17) is 15.9 Å². The van der Waals surface area contributed by atoms with E-state index in [9.17, 15) is 4.79 Å². The van der Waals surface area contributed by atoms with Gasteiger partial charge in [-0.3, -0.25) is 4.79 Å². The average Bonchev–Trinajstić information content (AvgIpc) is 3.25. The van der Waals surface area contributed by atoms with E-state index in [0.29, 0.717) is 62.8 Å². The van der Waals surface area contributed by atoms with Gasteiger partial charge in [0, 0.05) is 50.2 Å². The number of halogens is 1. The topological polar surface area (TPSA) is 136 Å². The monoisotopic (exact) mass is 564 g/mol. The lowest BCUT2D eigenvalue weighted by molar-refractivity contribution is 0.0776. The maximum atomic E-state index is 13.3. The van der Waals surface area contributed by atoms with E-state index >= 15 is 0 Å². The molecule has 0 aliphatic heterocycles. The Labute approximate surface area is 223 Å². The van der Waals surface area contributed by atoms with Crippen LogP contribution < -0.4 is 15.8 Å². The van der Waals surface area contributed by atoms with E-state index in [-0.39, 0.29) is 5.91 Å². The summed E-state index contributed by atoms with van der Waals surface area (Å²) in [5.41, 5.74) is 9.65. The summed E-state index contributed by atoms with van der Waals surface area (Å²) in [5.74, 6) is 0.800. The first-order valence-corrected chi connectivity index (χ1v) is 12.4. The van der Waals surface area contributed by atoms with Crippen molar-refractivity contribution in [2.24, 2.45) is 0 Å². The number of carbonyl (C=O) groups is 1. The molecule has 4 aromatic rings. The third kappa shape index (κ3) is 5.73. The Morgan fingerprint density at radius 3 is 2.68 bits per heavy atom. The number of aromatic amines is 1. The number of aromatic nitrogens is 3. The van der Waals surface area contributed by atoms with Crippen LogP contribution in [0.4, 0.5) is 17.2 Å². The first-order valence-electron chi connectivity index (χ1n) is 11.6. The molecule has 0 aliphatic carbocycles. The highest BCUT2D eigenvalue weighted by atomic mass is 79.9. The van der Waals surface area contributed by atoms with Gasteiger partial charge in [-0.05, 0) is 34.6 Å². The number of benzene rings is 2. The Balaban J connectivity index is 1.54. The van der Waals surface area contributed by atoms with E-state index < -0.39 is 0 Å². The molecule has 0 aliphatic rings. The van der Waals surface area contributed by atoms with Crippen molar-refractivity contribution in [1.29, 1.82) is 5.41 Å². The van der Waals surface area contributed by atoms with Gasteiger partial charge in [-0.2, -0.15) is 0 Å². The molecule has 10 nitrogen and oxygen atoms in total. The first-order chi connectivity index (χ1) is 17.8. The number of ether oxygens (including phenoxy) is 1. The smallest absolute Gasteiger partial charge is 0.271 e. The van der Waals surface area contributed by atoms with Crippen molar-refractivity contribution >= 4 is 56.3 Å². The highest BCUT2D eigenvalue weighted by Gasteiger charge is 2.23. The molecular weight excluding hydrogens is 536 g/mol. The summed E-state index contributed by atoms with van der Waals surface area (Å²) in [5, 5.41) is 11.5. The summed E-state index contributed by atoms with van der Waals surface area (Å²) in [6.45, 7) is 2.07. The molecule has 37 heavy (non-hydrogen) atoms. The standard InChI is InChI=1S/C26H29BrN8O2/c1-34(14-16-7-5-4-6-8-16)9-10-35(2)26(36)23-22(27)21-24(30-15-31-25(21)33-23)32-19-11-17(13-28)18(29)12-20(19)37-3/h4-8,11-13,15,28H,9-10,14,29H2,1-3H3,(H2,30,31,32,33). The number of amides is 1. The molecule has 5 N–H and O–H groups in total. The minimum atomic E-state index is -0.167. The van der Waals surface area contributed by atoms with Crippen LogP contribution in [0.15, 0.2) is 53.3 Å². The third-order valence-corrected chi connectivity index (χ3v) is 6.81. The number of rotatable bonds is 10. The van der Waals surface area contributed by atoms with Gasteiger partial charge >= 0.3 is 0 Å². The number of nitrogens with two attached hydrogens (primary N) is 1. The van der Waals surface area contributed by atoms with Gasteiger partial charge < -0.3 is 36.0 Å². The zero-order valence-corrected chi connectivity index (χ0v) is 22.5.